The molecule has 1 heterocycles. The molecule has 28 heavy (non-hydrogen) atoms. The first-order valence-corrected chi connectivity index (χ1v) is 8.36. The van der Waals surface area contributed by atoms with Gasteiger partial charge in [-0.1, -0.05) is 12.1 Å². The van der Waals surface area contributed by atoms with Crippen molar-refractivity contribution in [3.8, 4) is 5.75 Å². The van der Waals surface area contributed by atoms with Crippen molar-refractivity contribution in [2.24, 2.45) is 0 Å². The van der Waals surface area contributed by atoms with E-state index in [0.717, 1.165) is 12.1 Å². The van der Waals surface area contributed by atoms with Crippen LogP contribution in [0.3, 0.4) is 0 Å². The molecular formula is C17H18F3N3O5. The molecule has 1 aromatic rings. The first-order valence-electron chi connectivity index (χ1n) is 8.36. The van der Waals surface area contributed by atoms with Crippen LogP contribution in [0.4, 0.5) is 13.2 Å². The molecule has 0 aromatic heterocycles. The third-order valence-electron chi connectivity index (χ3n) is 3.99. The van der Waals surface area contributed by atoms with Gasteiger partial charge in [-0.3, -0.25) is 14.4 Å². The van der Waals surface area contributed by atoms with Crippen molar-refractivity contribution < 1.29 is 37.1 Å². The topological polar surface area (TPSA) is 105 Å². The molecule has 8 nitrogen and oxygen atoms in total. The second kappa shape index (κ2) is 9.20. The van der Waals surface area contributed by atoms with Crippen molar-refractivity contribution in [3.05, 3.63) is 29.8 Å². The largest absolute Gasteiger partial charge is 0.573 e. The lowest BCUT2D eigenvalue weighted by Crippen LogP contribution is -2.49. The summed E-state index contributed by atoms with van der Waals surface area (Å²) in [6, 6.07) is 3.99. The van der Waals surface area contributed by atoms with Crippen LogP contribution in [0.5, 0.6) is 5.75 Å². The minimum atomic E-state index is -4.97. The van der Waals surface area contributed by atoms with Gasteiger partial charge in [0.25, 0.3) is 5.91 Å². The summed E-state index contributed by atoms with van der Waals surface area (Å²) in [5.41, 5.74) is -0.380. The highest BCUT2D eigenvalue weighted by atomic mass is 19.4. The van der Waals surface area contributed by atoms with Gasteiger partial charge in [0.05, 0.1) is 18.7 Å². The summed E-state index contributed by atoms with van der Waals surface area (Å²) in [4.78, 5) is 48.1. The Balaban J connectivity index is 1.98. The highest BCUT2D eigenvalue weighted by Gasteiger charge is 2.35. The van der Waals surface area contributed by atoms with Gasteiger partial charge in [-0.05, 0) is 25.0 Å². The van der Waals surface area contributed by atoms with Gasteiger partial charge in [0, 0.05) is 6.54 Å². The molecule has 1 aliphatic heterocycles. The fourth-order valence-corrected chi connectivity index (χ4v) is 2.82. The molecule has 0 bridgehead atoms. The highest BCUT2D eigenvalue weighted by Crippen LogP contribution is 2.26. The number of carbonyl (C=O) groups excluding carboxylic acids is 4. The van der Waals surface area contributed by atoms with Crippen LogP contribution < -0.4 is 15.4 Å². The lowest BCUT2D eigenvalue weighted by Gasteiger charge is -2.24. The van der Waals surface area contributed by atoms with Crippen LogP contribution in [-0.4, -0.2) is 60.9 Å². The van der Waals surface area contributed by atoms with Gasteiger partial charge in [0.2, 0.25) is 11.8 Å². The number of hydrogen-bond acceptors (Lipinski definition) is 5. The molecule has 1 aromatic carbocycles. The lowest BCUT2D eigenvalue weighted by atomic mass is 10.2. The zero-order valence-electron chi connectivity index (χ0n) is 14.6. The predicted molar refractivity (Wildman–Crippen MR) is 89.3 cm³/mol. The number of likely N-dealkylation sites (tertiary alicyclic amines) is 1. The Morgan fingerprint density at radius 3 is 2.61 bits per heavy atom. The van der Waals surface area contributed by atoms with Crippen LogP contribution in [0.1, 0.15) is 23.2 Å². The molecule has 152 valence electrons. The summed E-state index contributed by atoms with van der Waals surface area (Å²) < 4.78 is 41.1. The van der Waals surface area contributed by atoms with Gasteiger partial charge in [-0.2, -0.15) is 0 Å². The summed E-state index contributed by atoms with van der Waals surface area (Å²) in [7, 11) is 0. The van der Waals surface area contributed by atoms with Crippen LogP contribution in [0.25, 0.3) is 0 Å². The van der Waals surface area contributed by atoms with Crippen molar-refractivity contribution in [1.82, 2.24) is 15.5 Å². The molecule has 1 fully saturated rings. The smallest absolute Gasteiger partial charge is 0.405 e. The van der Waals surface area contributed by atoms with Gasteiger partial charge in [-0.15, -0.1) is 13.2 Å². The molecule has 1 atom stereocenters. The van der Waals surface area contributed by atoms with Gasteiger partial charge >= 0.3 is 6.36 Å². The van der Waals surface area contributed by atoms with Gasteiger partial charge in [0.15, 0.2) is 0 Å². The second-order valence-corrected chi connectivity index (χ2v) is 5.88. The average molecular weight is 401 g/mol. The Hall–Kier alpha value is -3.11. The van der Waals surface area contributed by atoms with Crippen molar-refractivity contribution in [2.75, 3.05) is 19.6 Å². The maximum absolute atomic E-state index is 12.4. The number of alkyl halides is 3. The van der Waals surface area contributed by atoms with E-state index in [-0.39, 0.29) is 12.1 Å². The molecule has 1 saturated heterocycles. The number of para-hydroxylation sites is 1. The normalized spacial score (nSPS) is 16.4. The fraction of sp³-hybridized carbons (Fsp3) is 0.412. The van der Waals surface area contributed by atoms with Gasteiger partial charge < -0.3 is 25.1 Å². The average Bonchev–Trinajstić information content (AvgIpc) is 3.13. The van der Waals surface area contributed by atoms with Crippen LogP contribution in [0.2, 0.25) is 0 Å². The number of carbonyl (C=O) groups is 4. The summed E-state index contributed by atoms with van der Waals surface area (Å²) in [6.07, 6.45) is -3.47. The van der Waals surface area contributed by atoms with E-state index in [2.05, 4.69) is 15.4 Å². The van der Waals surface area contributed by atoms with Crippen molar-refractivity contribution in [3.63, 3.8) is 0 Å². The van der Waals surface area contributed by atoms with Crippen LogP contribution in [0, 0.1) is 0 Å². The molecule has 2 N–H and O–H groups in total. The number of benzene rings is 1. The minimum absolute atomic E-state index is 0.176. The molecule has 1 aliphatic rings. The molecule has 3 amide bonds. The monoisotopic (exact) mass is 401 g/mol. The van der Waals surface area contributed by atoms with Crippen molar-refractivity contribution >= 4 is 24.0 Å². The SMILES string of the molecule is O=CCNC(=O)[C@@H]1CCCN1C(=O)CNC(=O)c1ccccc1OC(F)(F)F. The van der Waals surface area contributed by atoms with Crippen LogP contribution >= 0.6 is 0 Å². The first-order chi connectivity index (χ1) is 13.2. The van der Waals surface area contributed by atoms with E-state index in [0.29, 0.717) is 25.7 Å². The van der Waals surface area contributed by atoms with E-state index in [1.165, 1.54) is 17.0 Å². The summed E-state index contributed by atoms with van der Waals surface area (Å²) >= 11 is 0. The maximum Gasteiger partial charge on any atom is 0.573 e. The number of aldehydes is 1. The maximum atomic E-state index is 12.4. The minimum Gasteiger partial charge on any atom is -0.405 e. The molecule has 0 aliphatic carbocycles. The molecule has 0 saturated carbocycles. The summed E-state index contributed by atoms with van der Waals surface area (Å²) in [6.45, 7) is -0.387. The Kier molecular flexibility index (Phi) is 6.96. The van der Waals surface area contributed by atoms with Crippen LogP contribution in [-0.2, 0) is 14.4 Å². The molecule has 11 heteroatoms. The molecule has 0 radical (unpaired) electrons. The Morgan fingerprint density at radius 2 is 1.93 bits per heavy atom. The number of ether oxygens (including phenoxy) is 1. The zero-order valence-corrected chi connectivity index (χ0v) is 14.6. The van der Waals surface area contributed by atoms with Crippen molar-refractivity contribution in [2.45, 2.75) is 25.2 Å². The quantitative estimate of drug-likeness (QED) is 0.652. The highest BCUT2D eigenvalue weighted by molar-refractivity contribution is 5.99. The van der Waals surface area contributed by atoms with E-state index in [4.69, 9.17) is 0 Å². The van der Waals surface area contributed by atoms with E-state index < -0.39 is 42.4 Å². The van der Waals surface area contributed by atoms with E-state index in [1.807, 2.05) is 0 Å². The summed E-state index contributed by atoms with van der Waals surface area (Å²) in [5, 5.41) is 4.61. The Bertz CT molecular complexity index is 754. The lowest BCUT2D eigenvalue weighted by molar-refractivity contribution is -0.274. The predicted octanol–water partition coefficient (Wildman–Crippen LogP) is 0.621. The molecule has 0 unspecified atom stereocenters. The Morgan fingerprint density at radius 1 is 1.21 bits per heavy atom. The number of nitrogens with zero attached hydrogens (tertiary/aromatic N) is 1. The Labute approximate surface area is 158 Å². The second-order valence-electron chi connectivity index (χ2n) is 5.88. The van der Waals surface area contributed by atoms with Gasteiger partial charge in [0.1, 0.15) is 18.1 Å². The standard InChI is InChI=1S/C17H18F3N3O5/c18-17(19,20)28-13-6-2-1-4-11(13)15(26)22-10-14(25)23-8-3-5-12(23)16(27)21-7-9-24/h1-2,4,6,9,12H,3,5,7-8,10H2,(H,21,27)(H,22,26)/t12-/m0/s1. The number of amides is 3. The molecule has 2 rings (SSSR count). The van der Waals surface area contributed by atoms with Crippen molar-refractivity contribution in [1.29, 1.82) is 0 Å². The van der Waals surface area contributed by atoms with E-state index in [9.17, 15) is 32.3 Å². The number of halogens is 3. The third-order valence-corrected chi connectivity index (χ3v) is 3.99. The molecule has 0 spiro atoms. The number of rotatable bonds is 7. The number of nitrogens with one attached hydrogen (secondary N) is 2. The molecular weight excluding hydrogens is 383 g/mol. The third kappa shape index (κ3) is 5.69. The first kappa shape index (κ1) is 21.2. The van der Waals surface area contributed by atoms with Crippen LogP contribution in [0.15, 0.2) is 24.3 Å². The fourth-order valence-electron chi connectivity index (χ4n) is 2.82. The van der Waals surface area contributed by atoms with E-state index >= 15 is 0 Å². The number of hydrogen-bond donors (Lipinski definition) is 2. The summed E-state index contributed by atoms with van der Waals surface area (Å²) in [5.74, 6) is -2.65. The van der Waals surface area contributed by atoms with Gasteiger partial charge in [-0.25, -0.2) is 0 Å². The van der Waals surface area contributed by atoms with E-state index in [1.54, 1.807) is 0 Å². The zero-order chi connectivity index (χ0) is 20.7.